The van der Waals surface area contributed by atoms with Crippen molar-refractivity contribution in [3.63, 3.8) is 0 Å². The third kappa shape index (κ3) is 3.48. The second kappa shape index (κ2) is 7.21. The van der Waals surface area contributed by atoms with Gasteiger partial charge in [0.25, 0.3) is 0 Å². The number of esters is 2. The van der Waals surface area contributed by atoms with E-state index in [9.17, 15) is 19.8 Å². The van der Waals surface area contributed by atoms with Crippen molar-refractivity contribution in [2.24, 2.45) is 5.92 Å². The van der Waals surface area contributed by atoms with Crippen LogP contribution in [0.15, 0.2) is 11.6 Å². The van der Waals surface area contributed by atoms with Gasteiger partial charge in [0.1, 0.15) is 12.7 Å². The fraction of sp³-hybridized carbons (Fsp3) is 0.765. The first-order valence-corrected chi connectivity index (χ1v) is 8.35. The van der Waals surface area contributed by atoms with Crippen LogP contribution in [0, 0.1) is 5.92 Å². The Bertz CT molecular complexity index is 531. The lowest BCUT2D eigenvalue weighted by atomic mass is 9.85. The first-order chi connectivity index (χ1) is 11.2. The maximum absolute atomic E-state index is 12.5. The summed E-state index contributed by atoms with van der Waals surface area (Å²) < 4.78 is 10.3. The predicted molar refractivity (Wildman–Crippen MR) is 86.0 cm³/mol. The Labute approximate surface area is 142 Å². The molecule has 0 aromatic rings. The molecule has 2 heterocycles. The zero-order valence-electron chi connectivity index (χ0n) is 14.7. The Hall–Kier alpha value is -1.44. The summed E-state index contributed by atoms with van der Waals surface area (Å²) in [6.45, 7) is 7.59. The molecule has 136 valence electrons. The van der Waals surface area contributed by atoms with Crippen LogP contribution < -0.4 is 0 Å². The van der Waals surface area contributed by atoms with E-state index >= 15 is 0 Å². The highest BCUT2D eigenvalue weighted by atomic mass is 16.6. The Morgan fingerprint density at radius 3 is 2.67 bits per heavy atom. The molecule has 7 heteroatoms. The second-order valence-electron chi connectivity index (χ2n) is 6.88. The minimum atomic E-state index is -1.92. The lowest BCUT2D eigenvalue weighted by Crippen LogP contribution is -2.55. The van der Waals surface area contributed by atoms with Crippen LogP contribution in [0.3, 0.4) is 0 Å². The van der Waals surface area contributed by atoms with E-state index in [-0.39, 0.29) is 12.6 Å². The van der Waals surface area contributed by atoms with Crippen molar-refractivity contribution >= 4 is 11.9 Å². The van der Waals surface area contributed by atoms with Gasteiger partial charge in [0.05, 0.1) is 12.1 Å². The molecule has 0 radical (unpaired) electrons. The Balaban J connectivity index is 2.02. The highest BCUT2D eigenvalue weighted by molar-refractivity contribution is 5.81. The molecule has 0 saturated carbocycles. The third-order valence-electron chi connectivity index (χ3n) is 4.98. The lowest BCUT2D eigenvalue weighted by molar-refractivity contribution is -0.192. The van der Waals surface area contributed by atoms with Gasteiger partial charge >= 0.3 is 11.9 Å². The van der Waals surface area contributed by atoms with E-state index in [0.29, 0.717) is 6.42 Å². The zero-order chi connectivity index (χ0) is 18.1. The van der Waals surface area contributed by atoms with Gasteiger partial charge in [-0.25, -0.2) is 4.79 Å². The van der Waals surface area contributed by atoms with Crippen LogP contribution in [0.25, 0.3) is 0 Å². The van der Waals surface area contributed by atoms with Crippen molar-refractivity contribution in [1.82, 2.24) is 4.90 Å². The number of fused-ring (bicyclic) bond motifs is 1. The summed E-state index contributed by atoms with van der Waals surface area (Å²) in [6, 6.07) is -0.115. The van der Waals surface area contributed by atoms with Gasteiger partial charge in [-0.2, -0.15) is 0 Å². The monoisotopic (exact) mass is 341 g/mol. The first-order valence-electron chi connectivity index (χ1n) is 8.35. The smallest absolute Gasteiger partial charge is 0.342 e. The number of aliphatic hydroxyl groups excluding tert-OH is 1. The van der Waals surface area contributed by atoms with E-state index in [1.807, 2.05) is 6.08 Å². The second-order valence-corrected chi connectivity index (χ2v) is 6.88. The molecule has 0 aromatic carbocycles. The van der Waals surface area contributed by atoms with Gasteiger partial charge in [-0.15, -0.1) is 0 Å². The highest BCUT2D eigenvalue weighted by Crippen LogP contribution is 2.30. The van der Waals surface area contributed by atoms with Crippen LogP contribution in [0.5, 0.6) is 0 Å². The predicted octanol–water partition coefficient (Wildman–Crippen LogP) is 0.244. The van der Waals surface area contributed by atoms with E-state index in [1.54, 1.807) is 13.8 Å². The molecule has 2 rings (SSSR count). The SMILES string of the molecule is CC(=O)OC(C)C(O)(C(=O)OCC1=CCN2CC[C@H](O)C12)C(C)C. The number of nitrogens with zero attached hydrogens (tertiary/aromatic N) is 1. The van der Waals surface area contributed by atoms with Gasteiger partial charge in [-0.05, 0) is 24.8 Å². The van der Waals surface area contributed by atoms with Crippen molar-refractivity contribution in [2.75, 3.05) is 19.7 Å². The van der Waals surface area contributed by atoms with Crippen LogP contribution in [0.4, 0.5) is 0 Å². The molecule has 1 fully saturated rings. The van der Waals surface area contributed by atoms with Crippen molar-refractivity contribution in [2.45, 2.75) is 58.0 Å². The molecule has 4 atom stereocenters. The minimum absolute atomic E-state index is 0.0128. The summed E-state index contributed by atoms with van der Waals surface area (Å²) >= 11 is 0. The fourth-order valence-corrected chi connectivity index (χ4v) is 3.50. The summed E-state index contributed by atoms with van der Waals surface area (Å²) in [5, 5.41) is 20.8. The molecule has 3 unspecified atom stereocenters. The van der Waals surface area contributed by atoms with Crippen molar-refractivity contribution in [3.8, 4) is 0 Å². The normalized spacial score (nSPS) is 27.4. The molecule has 0 aliphatic carbocycles. The average Bonchev–Trinajstić information content (AvgIpc) is 3.06. The molecule has 0 spiro atoms. The highest BCUT2D eigenvalue weighted by Gasteiger charge is 2.48. The van der Waals surface area contributed by atoms with Crippen LogP contribution >= 0.6 is 0 Å². The standard InChI is InChI=1S/C17H27NO6/c1-10(2)17(22,11(3)24-12(4)19)16(21)23-9-13-5-7-18-8-6-14(20)15(13)18/h5,10-11,14-15,20,22H,6-9H2,1-4H3/t11?,14-,15?,17?/m0/s1. The lowest BCUT2D eigenvalue weighted by Gasteiger charge is -2.34. The summed E-state index contributed by atoms with van der Waals surface area (Å²) in [5.41, 5.74) is -1.07. The van der Waals surface area contributed by atoms with Crippen LogP contribution in [0.1, 0.15) is 34.1 Å². The number of rotatable bonds is 6. The largest absolute Gasteiger partial charge is 0.459 e. The van der Waals surface area contributed by atoms with Gasteiger partial charge in [0.2, 0.25) is 5.60 Å². The maximum Gasteiger partial charge on any atom is 0.342 e. The van der Waals surface area contributed by atoms with E-state index in [0.717, 1.165) is 18.7 Å². The number of ether oxygens (including phenoxy) is 2. The zero-order valence-corrected chi connectivity index (χ0v) is 14.7. The number of hydrogen-bond donors (Lipinski definition) is 2. The van der Waals surface area contributed by atoms with E-state index in [1.165, 1.54) is 13.8 Å². The Morgan fingerprint density at radius 1 is 1.42 bits per heavy atom. The fourth-order valence-electron chi connectivity index (χ4n) is 3.50. The molecule has 24 heavy (non-hydrogen) atoms. The van der Waals surface area contributed by atoms with E-state index < -0.39 is 35.7 Å². The van der Waals surface area contributed by atoms with Gasteiger partial charge in [-0.3, -0.25) is 9.69 Å². The summed E-state index contributed by atoms with van der Waals surface area (Å²) in [4.78, 5) is 25.8. The summed E-state index contributed by atoms with van der Waals surface area (Å²) in [6.07, 6.45) is 1.18. The Kier molecular flexibility index (Phi) is 5.67. The molecular formula is C17H27NO6. The molecule has 0 aromatic heterocycles. The van der Waals surface area contributed by atoms with Gasteiger partial charge < -0.3 is 19.7 Å². The Morgan fingerprint density at radius 2 is 2.08 bits per heavy atom. The molecular weight excluding hydrogens is 314 g/mol. The van der Waals surface area contributed by atoms with Crippen LogP contribution in [-0.2, 0) is 19.1 Å². The topological polar surface area (TPSA) is 96.3 Å². The van der Waals surface area contributed by atoms with Gasteiger partial charge in [-0.1, -0.05) is 19.9 Å². The first kappa shape index (κ1) is 18.9. The minimum Gasteiger partial charge on any atom is -0.459 e. The summed E-state index contributed by atoms with van der Waals surface area (Å²) in [7, 11) is 0. The summed E-state index contributed by atoms with van der Waals surface area (Å²) in [5.74, 6) is -1.89. The molecule has 2 N–H and O–H groups in total. The number of carbonyl (C=O) groups is 2. The molecule has 0 amide bonds. The van der Waals surface area contributed by atoms with Gasteiger partial charge in [0, 0.05) is 20.0 Å². The number of hydrogen-bond acceptors (Lipinski definition) is 7. The van der Waals surface area contributed by atoms with Crippen LogP contribution in [0.2, 0.25) is 0 Å². The molecule has 1 saturated heterocycles. The number of carbonyl (C=O) groups excluding carboxylic acids is 2. The molecule has 0 bridgehead atoms. The third-order valence-corrected chi connectivity index (χ3v) is 4.98. The number of aliphatic hydroxyl groups is 2. The van der Waals surface area contributed by atoms with Crippen LogP contribution in [-0.4, -0.2) is 70.6 Å². The van der Waals surface area contributed by atoms with E-state index in [4.69, 9.17) is 9.47 Å². The molecule has 2 aliphatic heterocycles. The van der Waals surface area contributed by atoms with Crippen molar-refractivity contribution < 1.29 is 29.3 Å². The molecule has 2 aliphatic rings. The van der Waals surface area contributed by atoms with E-state index in [2.05, 4.69) is 4.90 Å². The molecule has 7 nitrogen and oxygen atoms in total. The van der Waals surface area contributed by atoms with Crippen molar-refractivity contribution in [3.05, 3.63) is 11.6 Å². The van der Waals surface area contributed by atoms with Crippen molar-refractivity contribution in [1.29, 1.82) is 0 Å². The maximum atomic E-state index is 12.5. The average molecular weight is 341 g/mol. The van der Waals surface area contributed by atoms with Gasteiger partial charge in [0.15, 0.2) is 0 Å². The quantitative estimate of drug-likeness (QED) is 0.528.